The van der Waals surface area contributed by atoms with Crippen LogP contribution < -0.4 is 25.5 Å². The van der Waals surface area contributed by atoms with E-state index in [4.69, 9.17) is 0 Å². The highest BCUT2D eigenvalue weighted by Gasteiger charge is 2.50. The molecule has 0 unspecified atom stereocenters. The predicted molar refractivity (Wildman–Crippen MR) is 221 cm³/mol. The van der Waals surface area contributed by atoms with Crippen LogP contribution in [0, 0.1) is 13.8 Å². The van der Waals surface area contributed by atoms with E-state index in [-0.39, 0.29) is 28.4 Å². The number of nitrogens with zero attached hydrogens (tertiary/aromatic N) is 2. The number of anilines is 6. The molecule has 3 aliphatic rings. The van der Waals surface area contributed by atoms with Crippen molar-refractivity contribution in [2.24, 2.45) is 0 Å². The van der Waals surface area contributed by atoms with Gasteiger partial charge in [0.25, 0.3) is 6.71 Å². The first-order valence-corrected chi connectivity index (χ1v) is 19.4. The lowest BCUT2D eigenvalue weighted by Gasteiger charge is -2.46. The Kier molecular flexibility index (Phi) is 7.26. The van der Waals surface area contributed by atoms with E-state index in [1.54, 1.807) is 10.4 Å². The number of rotatable bonds is 2. The monoisotopic (exact) mass is 676 g/mol. The van der Waals surface area contributed by atoms with Gasteiger partial charge in [-0.25, -0.2) is 0 Å². The average molecular weight is 677 g/mol. The van der Waals surface area contributed by atoms with Gasteiger partial charge in [0, 0.05) is 38.1 Å². The molecular weight excluding hydrogens is 623 g/mol. The van der Waals surface area contributed by atoms with Gasteiger partial charge >= 0.3 is 0 Å². The molecule has 0 fully saturated rings. The molecule has 50 heavy (non-hydrogen) atoms. The van der Waals surface area contributed by atoms with Crippen molar-refractivity contribution in [1.82, 2.24) is 0 Å². The number of hydrogen-bond acceptors (Lipinski definition) is 3. The Morgan fingerprint density at radius 1 is 0.640 bits per heavy atom. The van der Waals surface area contributed by atoms with Gasteiger partial charge in [-0.15, -0.1) is 0 Å². The van der Waals surface area contributed by atoms with Crippen molar-refractivity contribution < 1.29 is 0 Å². The summed E-state index contributed by atoms with van der Waals surface area (Å²) in [4.78, 5) is 6.83. The molecule has 3 heterocycles. The largest absolute Gasteiger partial charge is 0.311 e. The second kappa shape index (κ2) is 10.9. The van der Waals surface area contributed by atoms with Crippen LogP contribution in [-0.4, -0.2) is 6.71 Å². The number of thiophene rings is 1. The number of fused-ring (bicyclic) bond motifs is 6. The summed E-state index contributed by atoms with van der Waals surface area (Å²) in [6.07, 6.45) is 2.40. The molecule has 0 saturated carbocycles. The van der Waals surface area contributed by atoms with Crippen LogP contribution in [0.4, 0.5) is 34.1 Å². The second-order valence-electron chi connectivity index (χ2n) is 18.7. The van der Waals surface area contributed by atoms with Crippen LogP contribution in [0.1, 0.15) is 115 Å². The zero-order valence-corrected chi connectivity index (χ0v) is 33.1. The zero-order chi connectivity index (χ0) is 35.7. The summed E-state index contributed by atoms with van der Waals surface area (Å²) in [6.45, 7) is 28.7. The fraction of sp³-hybridized carbons (Fsp3) is 0.391. The lowest BCUT2D eigenvalue weighted by molar-refractivity contribution is 0.339. The first kappa shape index (κ1) is 33.4. The van der Waals surface area contributed by atoms with E-state index in [2.05, 4.69) is 183 Å². The van der Waals surface area contributed by atoms with Crippen molar-refractivity contribution >= 4 is 67.9 Å². The standard InChI is InChI=1S/C46H53BN2S/c1-28-25-36-39-37(26-28)49(34-16-14-13-15-29(34)2)35-22-19-31(44(6,7)8)27-33(35)47(39)42-40(38-41(50-42)46(11,12)24-23-45(38,9)10)48(36)32-20-17-30(18-21-32)43(3,4)5/h13-22,25-27H,23-24H2,1-12H3. The minimum absolute atomic E-state index is 0.0376. The Balaban J connectivity index is 1.52. The highest BCUT2D eigenvalue weighted by atomic mass is 32.1. The van der Waals surface area contributed by atoms with Crippen LogP contribution in [0.2, 0.25) is 0 Å². The predicted octanol–water partition coefficient (Wildman–Crippen LogP) is 11.4. The molecule has 2 nitrogen and oxygen atoms in total. The molecule has 4 heteroatoms. The highest BCUT2D eigenvalue weighted by molar-refractivity contribution is 7.29. The van der Waals surface area contributed by atoms with Gasteiger partial charge < -0.3 is 9.80 Å². The number of aryl methyl sites for hydroxylation is 2. The third-order valence-electron chi connectivity index (χ3n) is 11.9. The summed E-state index contributed by atoms with van der Waals surface area (Å²) in [5, 5.41) is 0. The Labute approximate surface area is 305 Å². The van der Waals surface area contributed by atoms with Gasteiger partial charge in [-0.1, -0.05) is 112 Å². The molecule has 8 rings (SSSR count). The molecule has 0 spiro atoms. The summed E-state index contributed by atoms with van der Waals surface area (Å²) in [5.74, 6) is 0. The van der Waals surface area contributed by atoms with Crippen LogP contribution in [0.15, 0.2) is 78.9 Å². The molecule has 2 aliphatic heterocycles. The number of benzene rings is 4. The minimum Gasteiger partial charge on any atom is -0.311 e. The maximum atomic E-state index is 2.68. The lowest BCUT2D eigenvalue weighted by atomic mass is 9.35. The van der Waals surface area contributed by atoms with Gasteiger partial charge in [0.1, 0.15) is 0 Å². The first-order valence-electron chi connectivity index (χ1n) is 18.6. The smallest absolute Gasteiger partial charge is 0.264 e. The molecule has 0 bridgehead atoms. The summed E-state index contributed by atoms with van der Waals surface area (Å²) in [6, 6.07) is 30.7. The molecule has 256 valence electrons. The Hall–Kier alpha value is -3.76. The van der Waals surface area contributed by atoms with Gasteiger partial charge in [-0.3, -0.25) is 0 Å². The summed E-state index contributed by atoms with van der Waals surface area (Å²) in [7, 11) is 0. The van der Waals surface area contributed by atoms with Crippen LogP contribution in [-0.2, 0) is 21.7 Å². The molecule has 1 aliphatic carbocycles. The molecule has 0 radical (unpaired) electrons. The zero-order valence-electron chi connectivity index (χ0n) is 32.3. The van der Waals surface area contributed by atoms with E-state index in [0.717, 1.165) is 0 Å². The molecule has 0 atom stereocenters. The van der Waals surface area contributed by atoms with Crippen LogP contribution in [0.3, 0.4) is 0 Å². The molecular formula is C46H53BN2S. The normalized spacial score (nSPS) is 17.2. The van der Waals surface area contributed by atoms with E-state index in [1.807, 2.05) is 0 Å². The Morgan fingerprint density at radius 3 is 1.88 bits per heavy atom. The molecule has 5 aromatic rings. The van der Waals surface area contributed by atoms with Crippen molar-refractivity contribution in [1.29, 1.82) is 0 Å². The van der Waals surface area contributed by atoms with Gasteiger partial charge in [-0.2, -0.15) is 11.3 Å². The molecule has 0 saturated heterocycles. The summed E-state index contributed by atoms with van der Waals surface area (Å²) >= 11 is 2.11. The van der Waals surface area contributed by atoms with Crippen LogP contribution in [0.5, 0.6) is 0 Å². The lowest BCUT2D eigenvalue weighted by Crippen LogP contribution is -2.61. The Morgan fingerprint density at radius 2 is 1.24 bits per heavy atom. The van der Waals surface area contributed by atoms with Crippen molar-refractivity contribution in [3.05, 3.63) is 112 Å². The quantitative estimate of drug-likeness (QED) is 0.168. The Bertz CT molecular complexity index is 2170. The first-order chi connectivity index (χ1) is 23.4. The van der Waals surface area contributed by atoms with E-state index in [1.165, 1.54) is 84.9 Å². The molecule has 4 aromatic carbocycles. The minimum atomic E-state index is 0.0376. The van der Waals surface area contributed by atoms with E-state index in [0.29, 0.717) is 0 Å². The third-order valence-corrected chi connectivity index (χ3v) is 13.5. The van der Waals surface area contributed by atoms with Crippen molar-refractivity contribution in [3.63, 3.8) is 0 Å². The molecule has 0 amide bonds. The maximum Gasteiger partial charge on any atom is 0.264 e. The van der Waals surface area contributed by atoms with E-state index in [9.17, 15) is 0 Å². The van der Waals surface area contributed by atoms with E-state index >= 15 is 0 Å². The molecule has 1 aromatic heterocycles. The van der Waals surface area contributed by atoms with Gasteiger partial charge in [0.05, 0.1) is 5.69 Å². The summed E-state index contributed by atoms with van der Waals surface area (Å²) < 4.78 is 1.51. The highest BCUT2D eigenvalue weighted by Crippen LogP contribution is 2.56. The maximum absolute atomic E-state index is 2.68. The fourth-order valence-electron chi connectivity index (χ4n) is 8.84. The molecule has 0 N–H and O–H groups in total. The van der Waals surface area contributed by atoms with Gasteiger partial charge in [0.15, 0.2) is 0 Å². The van der Waals surface area contributed by atoms with Gasteiger partial charge in [-0.05, 0) is 123 Å². The third kappa shape index (κ3) is 4.95. The van der Waals surface area contributed by atoms with E-state index < -0.39 is 0 Å². The van der Waals surface area contributed by atoms with Crippen molar-refractivity contribution in [3.8, 4) is 0 Å². The van der Waals surface area contributed by atoms with Crippen molar-refractivity contribution in [2.45, 2.75) is 118 Å². The van der Waals surface area contributed by atoms with Crippen LogP contribution in [0.25, 0.3) is 0 Å². The SMILES string of the molecule is Cc1cc2c3c(c1)N(c1ccc(C(C)(C)C)cc1)c1c(sc4c1C(C)(C)CCC4(C)C)B3c1cc(C(C)(C)C)ccc1N2c1ccccc1C. The topological polar surface area (TPSA) is 6.48 Å². The van der Waals surface area contributed by atoms with Crippen molar-refractivity contribution in [2.75, 3.05) is 9.80 Å². The fourth-order valence-corrected chi connectivity index (χ4v) is 10.6. The second-order valence-corrected chi connectivity index (χ2v) is 19.8. The average Bonchev–Trinajstić information content (AvgIpc) is 3.46. The summed E-state index contributed by atoms with van der Waals surface area (Å²) in [5.41, 5.74) is 18.0. The number of para-hydroxylation sites is 1. The van der Waals surface area contributed by atoms with Crippen LogP contribution >= 0.6 is 11.3 Å². The van der Waals surface area contributed by atoms with Gasteiger partial charge in [0.2, 0.25) is 0 Å². The number of hydrogen-bond donors (Lipinski definition) is 0.